The first-order valence-corrected chi connectivity index (χ1v) is 8.27. The molecule has 2 heterocycles. The van der Waals surface area contributed by atoms with Gasteiger partial charge in [0.15, 0.2) is 4.96 Å². The predicted octanol–water partition coefficient (Wildman–Crippen LogP) is 4.59. The van der Waals surface area contributed by atoms with Crippen LogP contribution in [0.3, 0.4) is 0 Å². The van der Waals surface area contributed by atoms with Gasteiger partial charge in [-0.15, -0.1) is 11.3 Å². The summed E-state index contributed by atoms with van der Waals surface area (Å²) in [6.45, 7) is 0. The van der Waals surface area contributed by atoms with Gasteiger partial charge in [-0.25, -0.2) is 13.8 Å². The van der Waals surface area contributed by atoms with Crippen LogP contribution in [0.15, 0.2) is 60.1 Å². The number of imidazole rings is 1. The van der Waals surface area contributed by atoms with Gasteiger partial charge in [0, 0.05) is 22.8 Å². The van der Waals surface area contributed by atoms with Crippen molar-refractivity contribution in [3.05, 3.63) is 77.4 Å². The Bertz CT molecular complexity index is 1070. The van der Waals surface area contributed by atoms with E-state index in [0.717, 1.165) is 5.56 Å². The molecule has 4 aromatic rings. The van der Waals surface area contributed by atoms with E-state index in [9.17, 15) is 13.6 Å². The summed E-state index contributed by atoms with van der Waals surface area (Å²) in [6.07, 6.45) is 1.72. The standard InChI is InChI=1S/C18H11F2N3OS/c19-12-6-4-11(5-7-12)15-9-23-16(10-25-18(23)22-15)17(24)21-14-3-1-2-13(20)8-14/h1-10H,(H,21,24). The van der Waals surface area contributed by atoms with Crippen molar-refractivity contribution in [2.75, 3.05) is 5.32 Å². The number of hydrogen-bond acceptors (Lipinski definition) is 3. The monoisotopic (exact) mass is 355 g/mol. The van der Waals surface area contributed by atoms with E-state index in [-0.39, 0.29) is 11.7 Å². The Morgan fingerprint density at radius 2 is 1.88 bits per heavy atom. The molecule has 0 spiro atoms. The number of amides is 1. The third-order valence-corrected chi connectivity index (χ3v) is 4.50. The Labute approximate surface area is 145 Å². The molecule has 1 N–H and O–H groups in total. The average molecular weight is 355 g/mol. The number of halogens is 2. The number of carbonyl (C=O) groups excluding carboxylic acids is 1. The van der Waals surface area contributed by atoms with Crippen LogP contribution in [-0.4, -0.2) is 15.3 Å². The molecule has 0 aliphatic rings. The zero-order chi connectivity index (χ0) is 17.4. The molecule has 0 fully saturated rings. The van der Waals surface area contributed by atoms with E-state index < -0.39 is 5.82 Å². The Kier molecular flexibility index (Phi) is 3.77. The van der Waals surface area contributed by atoms with Gasteiger partial charge in [0.05, 0.1) is 5.69 Å². The quantitative estimate of drug-likeness (QED) is 0.584. The van der Waals surface area contributed by atoms with Gasteiger partial charge >= 0.3 is 0 Å². The highest BCUT2D eigenvalue weighted by atomic mass is 32.1. The number of fused-ring (bicyclic) bond motifs is 1. The van der Waals surface area contributed by atoms with Crippen molar-refractivity contribution < 1.29 is 13.6 Å². The van der Waals surface area contributed by atoms with Crippen LogP contribution in [0.25, 0.3) is 16.2 Å². The lowest BCUT2D eigenvalue weighted by Crippen LogP contribution is -2.13. The average Bonchev–Trinajstić information content (AvgIpc) is 3.16. The summed E-state index contributed by atoms with van der Waals surface area (Å²) in [6, 6.07) is 11.7. The van der Waals surface area contributed by atoms with Crippen molar-refractivity contribution in [3.63, 3.8) is 0 Å². The molecule has 124 valence electrons. The minimum absolute atomic E-state index is 0.320. The lowest BCUT2D eigenvalue weighted by Gasteiger charge is -2.04. The summed E-state index contributed by atoms with van der Waals surface area (Å²) in [4.78, 5) is 17.6. The molecule has 1 amide bonds. The highest BCUT2D eigenvalue weighted by Crippen LogP contribution is 2.24. The lowest BCUT2D eigenvalue weighted by molar-refractivity contribution is 0.102. The molecule has 4 nitrogen and oxygen atoms in total. The van der Waals surface area contributed by atoms with E-state index in [1.165, 1.54) is 41.7 Å². The fourth-order valence-corrected chi connectivity index (χ4v) is 3.32. The SMILES string of the molecule is O=C(Nc1cccc(F)c1)c1csc2nc(-c3ccc(F)cc3)cn12. The van der Waals surface area contributed by atoms with Crippen molar-refractivity contribution in [3.8, 4) is 11.3 Å². The number of nitrogens with one attached hydrogen (secondary N) is 1. The second-order valence-corrected chi connectivity index (χ2v) is 6.21. The minimum atomic E-state index is -0.422. The first kappa shape index (κ1) is 15.5. The summed E-state index contributed by atoms with van der Waals surface area (Å²) >= 11 is 1.32. The Morgan fingerprint density at radius 1 is 1.08 bits per heavy atom. The van der Waals surface area contributed by atoms with Crippen LogP contribution in [0.2, 0.25) is 0 Å². The van der Waals surface area contributed by atoms with Crippen molar-refractivity contribution in [2.24, 2.45) is 0 Å². The molecule has 7 heteroatoms. The van der Waals surface area contributed by atoms with Crippen LogP contribution in [-0.2, 0) is 0 Å². The topological polar surface area (TPSA) is 46.4 Å². The Morgan fingerprint density at radius 3 is 2.64 bits per heavy atom. The fraction of sp³-hybridized carbons (Fsp3) is 0. The van der Waals surface area contributed by atoms with Gasteiger partial charge in [0.25, 0.3) is 5.91 Å². The lowest BCUT2D eigenvalue weighted by atomic mass is 10.2. The molecule has 0 radical (unpaired) electrons. The van der Waals surface area contributed by atoms with Gasteiger partial charge < -0.3 is 5.32 Å². The van der Waals surface area contributed by atoms with Crippen molar-refractivity contribution >= 4 is 27.9 Å². The zero-order valence-corrected chi connectivity index (χ0v) is 13.6. The normalized spacial score (nSPS) is 11.0. The van der Waals surface area contributed by atoms with Crippen LogP contribution >= 0.6 is 11.3 Å². The molecule has 0 saturated heterocycles. The smallest absolute Gasteiger partial charge is 0.273 e. The summed E-state index contributed by atoms with van der Waals surface area (Å²) in [5.41, 5.74) is 2.17. The van der Waals surface area contributed by atoms with Gasteiger partial charge in [-0.2, -0.15) is 0 Å². The number of carbonyl (C=O) groups is 1. The molecule has 2 aromatic heterocycles. The Hall–Kier alpha value is -3.06. The van der Waals surface area contributed by atoms with E-state index in [1.54, 1.807) is 34.2 Å². The minimum Gasteiger partial charge on any atom is -0.321 e. The Balaban J connectivity index is 1.66. The number of aromatic nitrogens is 2. The number of nitrogens with zero attached hydrogens (tertiary/aromatic N) is 2. The third-order valence-electron chi connectivity index (χ3n) is 3.66. The second kappa shape index (κ2) is 6.10. The highest BCUT2D eigenvalue weighted by molar-refractivity contribution is 7.15. The number of thiazole rings is 1. The molecule has 0 bridgehead atoms. The molecule has 2 aromatic carbocycles. The molecular formula is C18H11F2N3OS. The first-order valence-electron chi connectivity index (χ1n) is 7.39. The largest absolute Gasteiger partial charge is 0.321 e. The molecule has 0 aliphatic carbocycles. The second-order valence-electron chi connectivity index (χ2n) is 5.37. The molecular weight excluding hydrogens is 344 g/mol. The van der Waals surface area contributed by atoms with Crippen LogP contribution in [0, 0.1) is 11.6 Å². The summed E-state index contributed by atoms with van der Waals surface area (Å²) in [5, 5.41) is 4.35. The summed E-state index contributed by atoms with van der Waals surface area (Å²) in [7, 11) is 0. The van der Waals surface area contributed by atoms with Crippen LogP contribution in [0.4, 0.5) is 14.5 Å². The van der Waals surface area contributed by atoms with E-state index in [2.05, 4.69) is 10.3 Å². The maximum absolute atomic E-state index is 13.2. The number of hydrogen-bond donors (Lipinski definition) is 1. The van der Waals surface area contributed by atoms with Crippen molar-refractivity contribution in [1.82, 2.24) is 9.38 Å². The predicted molar refractivity (Wildman–Crippen MR) is 92.8 cm³/mol. The fourth-order valence-electron chi connectivity index (χ4n) is 2.47. The van der Waals surface area contributed by atoms with E-state index in [0.29, 0.717) is 22.0 Å². The molecule has 0 aliphatic heterocycles. The molecule has 0 atom stereocenters. The van der Waals surface area contributed by atoms with Gasteiger partial charge in [-0.05, 0) is 42.5 Å². The van der Waals surface area contributed by atoms with Crippen LogP contribution in [0.1, 0.15) is 10.5 Å². The van der Waals surface area contributed by atoms with Crippen molar-refractivity contribution in [1.29, 1.82) is 0 Å². The maximum Gasteiger partial charge on any atom is 0.273 e. The van der Waals surface area contributed by atoms with E-state index >= 15 is 0 Å². The first-order chi connectivity index (χ1) is 12.1. The van der Waals surface area contributed by atoms with E-state index in [4.69, 9.17) is 0 Å². The zero-order valence-electron chi connectivity index (χ0n) is 12.7. The van der Waals surface area contributed by atoms with Crippen LogP contribution in [0.5, 0.6) is 0 Å². The van der Waals surface area contributed by atoms with Gasteiger partial charge in [-0.3, -0.25) is 9.20 Å². The van der Waals surface area contributed by atoms with Gasteiger partial charge in [0.2, 0.25) is 0 Å². The number of anilines is 1. The van der Waals surface area contributed by atoms with Crippen LogP contribution < -0.4 is 5.32 Å². The summed E-state index contributed by atoms with van der Waals surface area (Å²) in [5.74, 6) is -1.10. The third kappa shape index (κ3) is 3.01. The van der Waals surface area contributed by atoms with Crippen molar-refractivity contribution in [2.45, 2.75) is 0 Å². The highest BCUT2D eigenvalue weighted by Gasteiger charge is 2.15. The van der Waals surface area contributed by atoms with Gasteiger partial charge in [0.1, 0.15) is 17.3 Å². The molecule has 25 heavy (non-hydrogen) atoms. The molecule has 4 rings (SSSR count). The maximum atomic E-state index is 13.2. The number of benzene rings is 2. The number of rotatable bonds is 3. The summed E-state index contributed by atoms with van der Waals surface area (Å²) < 4.78 is 28.0. The van der Waals surface area contributed by atoms with E-state index in [1.807, 2.05) is 0 Å². The van der Waals surface area contributed by atoms with Gasteiger partial charge in [-0.1, -0.05) is 6.07 Å². The molecule has 0 saturated carbocycles. The molecule has 0 unspecified atom stereocenters.